The summed E-state index contributed by atoms with van der Waals surface area (Å²) in [6.07, 6.45) is 3.64. The minimum absolute atomic E-state index is 0.0750. The number of amides is 1. The second kappa shape index (κ2) is 5.99. The average molecular weight is 295 g/mol. The van der Waals surface area contributed by atoms with E-state index in [9.17, 15) is 4.79 Å². The molecule has 1 aromatic carbocycles. The summed E-state index contributed by atoms with van der Waals surface area (Å²) in [6.45, 7) is 0.167. The Balaban J connectivity index is 1.94. The van der Waals surface area contributed by atoms with Crippen LogP contribution in [0.4, 0.5) is 0 Å². The number of fused-ring (bicyclic) bond motifs is 1. The Bertz CT molecular complexity index is 824. The van der Waals surface area contributed by atoms with Gasteiger partial charge in [-0.25, -0.2) is 0 Å². The van der Waals surface area contributed by atoms with Crippen molar-refractivity contribution in [3.63, 3.8) is 0 Å². The number of hydrogen-bond donors (Lipinski definition) is 2. The van der Waals surface area contributed by atoms with E-state index >= 15 is 0 Å². The number of aliphatic hydroxyl groups excluding tert-OH is 1. The molecule has 3 aromatic rings. The fourth-order valence-corrected chi connectivity index (χ4v) is 2.44. The zero-order valence-corrected chi connectivity index (χ0v) is 12.3. The quantitative estimate of drug-likeness (QED) is 0.773. The molecule has 3 rings (SSSR count). The lowest BCUT2D eigenvalue weighted by Crippen LogP contribution is -2.26. The number of pyridine rings is 1. The van der Waals surface area contributed by atoms with Crippen LogP contribution in [0.2, 0.25) is 0 Å². The van der Waals surface area contributed by atoms with Gasteiger partial charge in [0.05, 0.1) is 12.3 Å². The second-order valence-corrected chi connectivity index (χ2v) is 5.11. The number of aryl methyl sites for hydroxylation is 1. The Labute approximate surface area is 128 Å². The number of aromatic nitrogens is 2. The van der Waals surface area contributed by atoms with Gasteiger partial charge in [0, 0.05) is 48.0 Å². The van der Waals surface area contributed by atoms with E-state index in [2.05, 4.69) is 27.0 Å². The zero-order valence-electron chi connectivity index (χ0n) is 12.3. The number of nitrogens with zero attached hydrogens (tertiary/aromatic N) is 2. The molecule has 2 heterocycles. The third-order valence-corrected chi connectivity index (χ3v) is 3.60. The van der Waals surface area contributed by atoms with Gasteiger partial charge in [0.2, 0.25) is 0 Å². The molecule has 0 radical (unpaired) electrons. The van der Waals surface area contributed by atoms with Gasteiger partial charge in [-0.15, -0.1) is 0 Å². The highest BCUT2D eigenvalue weighted by Crippen LogP contribution is 2.24. The van der Waals surface area contributed by atoms with E-state index in [0.717, 1.165) is 22.2 Å². The van der Waals surface area contributed by atoms with Crippen molar-refractivity contribution in [1.82, 2.24) is 14.9 Å². The average Bonchev–Trinajstić information content (AvgIpc) is 2.93. The summed E-state index contributed by atoms with van der Waals surface area (Å²) in [5.74, 6) is -0.210. The smallest absolute Gasteiger partial charge is 0.251 e. The number of rotatable bonds is 4. The summed E-state index contributed by atoms with van der Waals surface area (Å²) in [6, 6.07) is 11.6. The lowest BCUT2D eigenvalue weighted by molar-refractivity contribution is 0.0944. The molecule has 112 valence electrons. The van der Waals surface area contributed by atoms with Gasteiger partial charge in [-0.05, 0) is 30.3 Å². The molecule has 0 spiro atoms. The largest absolute Gasteiger partial charge is 0.395 e. The normalized spacial score (nSPS) is 10.8. The standard InChI is InChI=1S/C17H17N3O2/c1-20-8-5-13-10-12(2-3-16(13)20)15-11-14(4-6-18-15)17(22)19-7-9-21/h2-6,8,10-11,21H,7,9H2,1H3,(H,19,22). The van der Waals surface area contributed by atoms with Crippen LogP contribution in [0.3, 0.4) is 0 Å². The lowest BCUT2D eigenvalue weighted by atomic mass is 10.1. The van der Waals surface area contributed by atoms with Crippen LogP contribution in [0.5, 0.6) is 0 Å². The summed E-state index contributed by atoms with van der Waals surface area (Å²) < 4.78 is 2.06. The van der Waals surface area contributed by atoms with Gasteiger partial charge in [-0.3, -0.25) is 9.78 Å². The first-order valence-electron chi connectivity index (χ1n) is 7.09. The fraction of sp³-hybridized carbons (Fsp3) is 0.176. The van der Waals surface area contributed by atoms with E-state index in [0.29, 0.717) is 5.56 Å². The van der Waals surface area contributed by atoms with Crippen LogP contribution in [0, 0.1) is 0 Å². The Morgan fingerprint density at radius 3 is 2.95 bits per heavy atom. The van der Waals surface area contributed by atoms with Gasteiger partial charge < -0.3 is 15.0 Å². The first-order chi connectivity index (χ1) is 10.7. The summed E-state index contributed by atoms with van der Waals surface area (Å²) in [4.78, 5) is 16.3. The number of carbonyl (C=O) groups is 1. The van der Waals surface area contributed by atoms with E-state index in [-0.39, 0.29) is 19.1 Å². The monoisotopic (exact) mass is 295 g/mol. The molecule has 0 aliphatic carbocycles. The predicted molar refractivity (Wildman–Crippen MR) is 85.6 cm³/mol. The SMILES string of the molecule is Cn1ccc2cc(-c3cc(C(=O)NCCO)ccn3)ccc21. The lowest BCUT2D eigenvalue weighted by Gasteiger charge is -2.06. The van der Waals surface area contributed by atoms with Gasteiger partial charge in [0.25, 0.3) is 5.91 Å². The van der Waals surface area contributed by atoms with Crippen LogP contribution >= 0.6 is 0 Å². The molecule has 2 aromatic heterocycles. The fourth-order valence-electron chi connectivity index (χ4n) is 2.44. The molecule has 2 N–H and O–H groups in total. The molecule has 0 bridgehead atoms. The van der Waals surface area contributed by atoms with Crippen LogP contribution < -0.4 is 5.32 Å². The Kier molecular flexibility index (Phi) is 3.89. The Morgan fingerprint density at radius 2 is 2.14 bits per heavy atom. The molecule has 0 fully saturated rings. The topological polar surface area (TPSA) is 67.2 Å². The number of hydrogen-bond acceptors (Lipinski definition) is 3. The molecule has 1 amide bonds. The maximum Gasteiger partial charge on any atom is 0.251 e. The number of aliphatic hydroxyl groups is 1. The molecule has 0 saturated carbocycles. The van der Waals surface area contributed by atoms with Gasteiger partial charge in [0.1, 0.15) is 0 Å². The maximum atomic E-state index is 11.9. The van der Waals surface area contributed by atoms with Crippen molar-refractivity contribution in [2.75, 3.05) is 13.2 Å². The molecule has 0 saturated heterocycles. The highest BCUT2D eigenvalue weighted by Gasteiger charge is 2.08. The molecule has 0 atom stereocenters. The van der Waals surface area contributed by atoms with Crippen LogP contribution in [0.15, 0.2) is 48.8 Å². The first-order valence-corrected chi connectivity index (χ1v) is 7.09. The highest BCUT2D eigenvalue weighted by molar-refractivity contribution is 5.95. The molecule has 0 aliphatic rings. The minimum atomic E-state index is -0.210. The van der Waals surface area contributed by atoms with Crippen molar-refractivity contribution >= 4 is 16.8 Å². The summed E-state index contributed by atoms with van der Waals surface area (Å²) in [5.41, 5.74) is 3.41. The minimum Gasteiger partial charge on any atom is -0.395 e. The van der Waals surface area contributed by atoms with Crippen molar-refractivity contribution in [3.8, 4) is 11.3 Å². The molecule has 0 unspecified atom stereocenters. The van der Waals surface area contributed by atoms with Crippen molar-refractivity contribution in [1.29, 1.82) is 0 Å². The molecule has 0 aliphatic heterocycles. The molecule has 22 heavy (non-hydrogen) atoms. The summed E-state index contributed by atoms with van der Waals surface area (Å²) in [5, 5.41) is 12.5. The predicted octanol–water partition coefficient (Wildman–Crippen LogP) is 1.96. The highest BCUT2D eigenvalue weighted by atomic mass is 16.3. The van der Waals surface area contributed by atoms with Crippen molar-refractivity contribution < 1.29 is 9.90 Å². The van der Waals surface area contributed by atoms with E-state index in [1.165, 1.54) is 0 Å². The van der Waals surface area contributed by atoms with Crippen LogP contribution in [-0.4, -0.2) is 33.7 Å². The third kappa shape index (κ3) is 2.71. The van der Waals surface area contributed by atoms with Gasteiger partial charge in [0.15, 0.2) is 0 Å². The van der Waals surface area contributed by atoms with Crippen LogP contribution in [0.1, 0.15) is 10.4 Å². The third-order valence-electron chi connectivity index (χ3n) is 3.60. The molecular weight excluding hydrogens is 278 g/mol. The number of nitrogens with one attached hydrogen (secondary N) is 1. The van der Waals surface area contributed by atoms with Crippen molar-refractivity contribution in [3.05, 3.63) is 54.4 Å². The molecular formula is C17H17N3O2. The first kappa shape index (κ1) is 14.3. The Morgan fingerprint density at radius 1 is 1.27 bits per heavy atom. The van der Waals surface area contributed by atoms with Crippen LogP contribution in [-0.2, 0) is 7.05 Å². The summed E-state index contributed by atoms with van der Waals surface area (Å²) in [7, 11) is 2.01. The zero-order chi connectivity index (χ0) is 15.5. The number of carbonyl (C=O) groups excluding carboxylic acids is 1. The van der Waals surface area contributed by atoms with E-state index < -0.39 is 0 Å². The van der Waals surface area contributed by atoms with Gasteiger partial charge in [-0.1, -0.05) is 6.07 Å². The maximum absolute atomic E-state index is 11.9. The van der Waals surface area contributed by atoms with E-state index in [4.69, 9.17) is 5.11 Å². The van der Waals surface area contributed by atoms with E-state index in [1.54, 1.807) is 18.3 Å². The molecule has 5 nitrogen and oxygen atoms in total. The van der Waals surface area contributed by atoms with Gasteiger partial charge >= 0.3 is 0 Å². The molecule has 5 heteroatoms. The Hall–Kier alpha value is -2.66. The second-order valence-electron chi connectivity index (χ2n) is 5.11. The summed E-state index contributed by atoms with van der Waals surface area (Å²) >= 11 is 0. The van der Waals surface area contributed by atoms with E-state index in [1.807, 2.05) is 25.4 Å². The number of benzene rings is 1. The van der Waals surface area contributed by atoms with Crippen molar-refractivity contribution in [2.24, 2.45) is 7.05 Å². The van der Waals surface area contributed by atoms with Crippen LogP contribution in [0.25, 0.3) is 22.2 Å². The van der Waals surface area contributed by atoms with Crippen molar-refractivity contribution in [2.45, 2.75) is 0 Å². The van der Waals surface area contributed by atoms with Gasteiger partial charge in [-0.2, -0.15) is 0 Å².